The topological polar surface area (TPSA) is 65.8 Å². The van der Waals surface area contributed by atoms with E-state index in [1.54, 1.807) is 19.4 Å². The van der Waals surface area contributed by atoms with E-state index in [1.165, 1.54) is 4.57 Å². The lowest BCUT2D eigenvalue weighted by molar-refractivity contribution is -0.132. The van der Waals surface area contributed by atoms with Crippen LogP contribution >= 0.6 is 24.0 Å². The lowest BCUT2D eigenvalue weighted by Gasteiger charge is -2.36. The molecule has 0 saturated carbocycles. The minimum absolute atomic E-state index is 0. The van der Waals surface area contributed by atoms with Crippen LogP contribution in [0.15, 0.2) is 22.2 Å². The number of aryl methyl sites for hydroxylation is 1. The van der Waals surface area contributed by atoms with Crippen LogP contribution in [0, 0.1) is 0 Å². The monoisotopic (exact) mass is 488 g/mol. The van der Waals surface area contributed by atoms with Crippen LogP contribution in [-0.4, -0.2) is 65.9 Å². The molecule has 1 aromatic rings. The predicted molar refractivity (Wildman–Crippen MR) is 105 cm³/mol. The molecule has 0 atom stereocenters. The third-order valence-electron chi connectivity index (χ3n) is 3.87. The Hall–Kier alpha value is -1.53. The number of hydrogen-bond donors (Lipinski definition) is 1. The van der Waals surface area contributed by atoms with Crippen molar-refractivity contribution >= 4 is 35.8 Å². The Balaban J connectivity index is 0.00000338. The van der Waals surface area contributed by atoms with Gasteiger partial charge in [-0.15, -0.1) is 24.0 Å². The first kappa shape index (κ1) is 22.5. The molecule has 1 aliphatic rings. The van der Waals surface area contributed by atoms with Crippen molar-refractivity contribution in [2.24, 2.45) is 12.0 Å². The number of halogens is 4. The number of aromatic nitrogens is 2. The van der Waals surface area contributed by atoms with E-state index < -0.39 is 12.6 Å². The molecule has 1 fully saturated rings. The second kappa shape index (κ2) is 9.97. The van der Waals surface area contributed by atoms with Gasteiger partial charge in [0.1, 0.15) is 0 Å². The normalized spacial score (nSPS) is 15.7. The van der Waals surface area contributed by atoms with E-state index in [0.717, 1.165) is 0 Å². The maximum atomic E-state index is 12.3. The van der Waals surface area contributed by atoms with Gasteiger partial charge >= 0.3 is 6.18 Å². The Morgan fingerprint density at radius 2 is 1.96 bits per heavy atom. The molecule has 7 nitrogen and oxygen atoms in total. The number of anilines is 1. The summed E-state index contributed by atoms with van der Waals surface area (Å²) < 4.78 is 38.4. The predicted octanol–water partition coefficient (Wildman–Crippen LogP) is 1.44. The smallest absolute Gasteiger partial charge is 0.357 e. The Kier molecular flexibility index (Phi) is 8.63. The lowest BCUT2D eigenvalue weighted by Crippen LogP contribution is -2.53. The highest BCUT2D eigenvalue weighted by atomic mass is 127. The van der Waals surface area contributed by atoms with Crippen LogP contribution in [0.2, 0.25) is 0 Å². The van der Waals surface area contributed by atoms with Gasteiger partial charge in [0.15, 0.2) is 11.8 Å². The molecule has 1 N–H and O–H groups in total. The maximum Gasteiger partial charge on any atom is 0.390 e. The van der Waals surface area contributed by atoms with Crippen LogP contribution in [0.25, 0.3) is 0 Å². The van der Waals surface area contributed by atoms with Gasteiger partial charge in [0.05, 0.1) is 13.0 Å². The summed E-state index contributed by atoms with van der Waals surface area (Å²) in [6.07, 6.45) is -1.98. The van der Waals surface area contributed by atoms with E-state index in [9.17, 15) is 18.0 Å². The summed E-state index contributed by atoms with van der Waals surface area (Å²) in [5, 5.41) is 3.02. The molecule has 0 unspecified atom stereocenters. The summed E-state index contributed by atoms with van der Waals surface area (Å²) >= 11 is 0. The molecule has 0 amide bonds. The maximum absolute atomic E-state index is 12.3. The molecular formula is C15H24F3IN6O. The first-order valence-electron chi connectivity index (χ1n) is 8.18. The van der Waals surface area contributed by atoms with Crippen LogP contribution in [0.3, 0.4) is 0 Å². The molecule has 0 spiro atoms. The molecule has 11 heteroatoms. The van der Waals surface area contributed by atoms with E-state index in [-0.39, 0.29) is 36.1 Å². The van der Waals surface area contributed by atoms with Crippen molar-refractivity contribution < 1.29 is 13.2 Å². The van der Waals surface area contributed by atoms with Gasteiger partial charge in [-0.2, -0.15) is 13.2 Å². The molecule has 1 aliphatic heterocycles. The van der Waals surface area contributed by atoms with Gasteiger partial charge in [-0.1, -0.05) is 0 Å². The van der Waals surface area contributed by atoms with Crippen LogP contribution in [0.1, 0.15) is 13.3 Å². The van der Waals surface area contributed by atoms with Crippen molar-refractivity contribution in [3.05, 3.63) is 22.7 Å². The van der Waals surface area contributed by atoms with E-state index in [4.69, 9.17) is 0 Å². The van der Waals surface area contributed by atoms with Crippen LogP contribution in [0.5, 0.6) is 0 Å². The van der Waals surface area contributed by atoms with Gasteiger partial charge < -0.3 is 19.7 Å². The highest BCUT2D eigenvalue weighted by Crippen LogP contribution is 2.19. The minimum Gasteiger partial charge on any atom is -0.357 e. The molecule has 26 heavy (non-hydrogen) atoms. The first-order valence-corrected chi connectivity index (χ1v) is 8.18. The van der Waals surface area contributed by atoms with Crippen molar-refractivity contribution in [3.63, 3.8) is 0 Å². The van der Waals surface area contributed by atoms with Crippen LogP contribution < -0.4 is 15.8 Å². The largest absolute Gasteiger partial charge is 0.390 e. The van der Waals surface area contributed by atoms with Gasteiger partial charge in [-0.05, 0) is 6.92 Å². The van der Waals surface area contributed by atoms with Gasteiger partial charge in [-0.25, -0.2) is 4.98 Å². The molecule has 1 saturated heterocycles. The average Bonchev–Trinajstić information content (AvgIpc) is 2.56. The van der Waals surface area contributed by atoms with E-state index in [0.29, 0.717) is 44.5 Å². The highest BCUT2D eigenvalue weighted by molar-refractivity contribution is 14.0. The number of piperazine rings is 1. The number of aliphatic imine (C=N–C) groups is 1. The summed E-state index contributed by atoms with van der Waals surface area (Å²) in [7, 11) is 1.67. The molecule has 1 aromatic heterocycles. The number of nitrogens with one attached hydrogen (secondary N) is 1. The summed E-state index contributed by atoms with van der Waals surface area (Å²) in [6.45, 7) is 4.35. The average molecular weight is 488 g/mol. The Morgan fingerprint density at radius 3 is 2.54 bits per heavy atom. The molecule has 0 aliphatic carbocycles. The summed E-state index contributed by atoms with van der Waals surface area (Å²) in [5.74, 6) is 0.865. The quantitative estimate of drug-likeness (QED) is 0.395. The Bertz CT molecular complexity index is 656. The van der Waals surface area contributed by atoms with Crippen molar-refractivity contribution in [3.8, 4) is 0 Å². The summed E-state index contributed by atoms with van der Waals surface area (Å²) in [4.78, 5) is 24.1. The molecule has 0 radical (unpaired) electrons. The SMILES string of the molecule is CCNC(=NCCC(F)(F)F)N1CCN(c2nccn(C)c2=O)CC1.I. The third kappa shape index (κ3) is 6.32. The van der Waals surface area contributed by atoms with Gasteiger partial charge in [-0.3, -0.25) is 9.79 Å². The molecule has 0 aromatic carbocycles. The first-order chi connectivity index (χ1) is 11.8. The van der Waals surface area contributed by atoms with Crippen molar-refractivity contribution in [2.45, 2.75) is 19.5 Å². The van der Waals surface area contributed by atoms with Crippen LogP contribution in [0.4, 0.5) is 19.0 Å². The fourth-order valence-electron chi connectivity index (χ4n) is 2.55. The number of guanidine groups is 1. The van der Waals surface area contributed by atoms with E-state index in [2.05, 4.69) is 15.3 Å². The van der Waals surface area contributed by atoms with Crippen molar-refractivity contribution in [1.29, 1.82) is 0 Å². The fraction of sp³-hybridized carbons (Fsp3) is 0.667. The number of alkyl halides is 3. The van der Waals surface area contributed by atoms with E-state index >= 15 is 0 Å². The zero-order valence-corrected chi connectivity index (χ0v) is 17.1. The van der Waals surface area contributed by atoms with Crippen molar-refractivity contribution in [2.75, 3.05) is 44.2 Å². The molecule has 2 heterocycles. The van der Waals surface area contributed by atoms with Gasteiger partial charge in [0.2, 0.25) is 0 Å². The lowest BCUT2D eigenvalue weighted by atomic mass is 10.3. The summed E-state index contributed by atoms with van der Waals surface area (Å²) in [6, 6.07) is 0. The van der Waals surface area contributed by atoms with Crippen LogP contribution in [-0.2, 0) is 7.05 Å². The number of nitrogens with zero attached hydrogens (tertiary/aromatic N) is 5. The second-order valence-electron chi connectivity index (χ2n) is 5.74. The molecular weight excluding hydrogens is 464 g/mol. The highest BCUT2D eigenvalue weighted by Gasteiger charge is 2.27. The molecule has 2 rings (SSSR count). The number of hydrogen-bond acceptors (Lipinski definition) is 4. The molecule has 0 bridgehead atoms. The summed E-state index contributed by atoms with van der Waals surface area (Å²) in [5.41, 5.74) is -0.165. The van der Waals surface area contributed by atoms with Gasteiger partial charge in [0, 0.05) is 52.2 Å². The number of rotatable bonds is 4. The Morgan fingerprint density at radius 1 is 1.31 bits per heavy atom. The minimum atomic E-state index is -4.21. The second-order valence-corrected chi connectivity index (χ2v) is 5.74. The van der Waals surface area contributed by atoms with Crippen molar-refractivity contribution in [1.82, 2.24) is 19.8 Å². The van der Waals surface area contributed by atoms with E-state index in [1.807, 2.05) is 16.7 Å². The fourth-order valence-corrected chi connectivity index (χ4v) is 2.55. The zero-order valence-electron chi connectivity index (χ0n) is 14.8. The third-order valence-corrected chi connectivity index (χ3v) is 3.87. The molecule has 148 valence electrons. The standard InChI is InChI=1S/C15H23F3N6O.HI/c1-3-19-14(21-5-4-15(16,17)18)24-10-8-23(9-11-24)12-13(25)22(2)7-6-20-12;/h6-7H,3-5,8-11H2,1-2H3,(H,19,21);1H. The van der Waals surface area contributed by atoms with Gasteiger partial charge in [0.25, 0.3) is 5.56 Å². The zero-order chi connectivity index (χ0) is 18.4. The Labute approximate surface area is 167 Å².